The number of halogens is 3. The first-order valence-corrected chi connectivity index (χ1v) is 4.78. The maximum Gasteiger partial charge on any atom is 0.223 e. The molecule has 0 saturated carbocycles. The summed E-state index contributed by atoms with van der Waals surface area (Å²) in [6, 6.07) is 3.49. The molecule has 1 aromatic carbocycles. The van der Waals surface area contributed by atoms with Crippen molar-refractivity contribution >= 4 is 5.95 Å². The zero-order valence-corrected chi connectivity index (χ0v) is 8.84. The van der Waals surface area contributed by atoms with E-state index in [9.17, 15) is 13.2 Å². The fourth-order valence-electron chi connectivity index (χ4n) is 1.36. The van der Waals surface area contributed by atoms with Crippen LogP contribution in [0, 0.1) is 17.5 Å². The van der Waals surface area contributed by atoms with E-state index >= 15 is 0 Å². The minimum absolute atomic E-state index is 0.130. The molecule has 0 amide bonds. The number of aromatic nitrogens is 2. The summed E-state index contributed by atoms with van der Waals surface area (Å²) in [5.74, 6) is -2.86. The molecule has 0 aliphatic carbocycles. The number of anilines is 1. The van der Waals surface area contributed by atoms with Gasteiger partial charge < -0.3 is 5.32 Å². The van der Waals surface area contributed by atoms with Gasteiger partial charge in [0.15, 0.2) is 17.5 Å². The van der Waals surface area contributed by atoms with Crippen LogP contribution < -0.4 is 5.32 Å². The second kappa shape index (κ2) is 4.40. The van der Waals surface area contributed by atoms with Crippen LogP contribution in [0.1, 0.15) is 0 Å². The summed E-state index contributed by atoms with van der Waals surface area (Å²) >= 11 is 0. The van der Waals surface area contributed by atoms with Gasteiger partial charge >= 0.3 is 0 Å². The van der Waals surface area contributed by atoms with Gasteiger partial charge in [-0.05, 0) is 12.1 Å². The van der Waals surface area contributed by atoms with Gasteiger partial charge in [-0.15, -0.1) is 0 Å². The molecule has 0 aliphatic rings. The number of rotatable bonds is 2. The lowest BCUT2D eigenvalue weighted by atomic mass is 10.1. The van der Waals surface area contributed by atoms with Crippen molar-refractivity contribution in [3.63, 3.8) is 0 Å². The average Bonchev–Trinajstić information content (AvgIpc) is 2.34. The van der Waals surface area contributed by atoms with Gasteiger partial charge in [0.05, 0.1) is 6.20 Å². The predicted molar refractivity (Wildman–Crippen MR) is 56.9 cm³/mol. The number of nitrogens with zero attached hydrogens (tertiary/aromatic N) is 2. The SMILES string of the molecule is CNc1ncc(F)c(-c2cccc(F)c2F)n1. The molecular weight excluding hydrogens is 231 g/mol. The molecule has 0 aliphatic heterocycles. The monoisotopic (exact) mass is 239 g/mol. The van der Waals surface area contributed by atoms with Gasteiger partial charge in [-0.2, -0.15) is 0 Å². The number of nitrogens with one attached hydrogen (secondary N) is 1. The van der Waals surface area contributed by atoms with Crippen LogP contribution >= 0.6 is 0 Å². The predicted octanol–water partition coefficient (Wildman–Crippen LogP) is 2.60. The molecule has 3 nitrogen and oxygen atoms in total. The Bertz CT molecular complexity index is 558. The first-order chi connectivity index (χ1) is 8.13. The van der Waals surface area contributed by atoms with E-state index in [0.29, 0.717) is 0 Å². The highest BCUT2D eigenvalue weighted by Gasteiger charge is 2.15. The summed E-state index contributed by atoms with van der Waals surface area (Å²) in [5.41, 5.74) is -0.511. The molecule has 0 radical (unpaired) electrons. The van der Waals surface area contributed by atoms with Gasteiger partial charge in [0, 0.05) is 12.6 Å². The van der Waals surface area contributed by atoms with Crippen molar-refractivity contribution in [1.29, 1.82) is 0 Å². The Balaban J connectivity index is 2.63. The summed E-state index contributed by atoms with van der Waals surface area (Å²) in [5, 5.41) is 2.59. The summed E-state index contributed by atoms with van der Waals surface area (Å²) in [6.07, 6.45) is 0.901. The molecule has 0 fully saturated rings. The Kier molecular flexibility index (Phi) is 2.95. The third-order valence-corrected chi connectivity index (χ3v) is 2.17. The van der Waals surface area contributed by atoms with Crippen LogP contribution in [0.3, 0.4) is 0 Å². The summed E-state index contributed by atoms with van der Waals surface area (Å²) in [6.45, 7) is 0. The highest BCUT2D eigenvalue weighted by Crippen LogP contribution is 2.25. The summed E-state index contributed by atoms with van der Waals surface area (Å²) in [4.78, 5) is 7.38. The lowest BCUT2D eigenvalue weighted by Gasteiger charge is -2.06. The van der Waals surface area contributed by atoms with E-state index in [0.717, 1.165) is 12.3 Å². The molecule has 1 aromatic heterocycles. The Labute approximate surface area is 95.3 Å². The zero-order valence-electron chi connectivity index (χ0n) is 8.84. The summed E-state index contributed by atoms with van der Waals surface area (Å²) in [7, 11) is 1.54. The molecule has 0 atom stereocenters. The maximum atomic E-state index is 13.5. The van der Waals surface area contributed by atoms with Crippen molar-refractivity contribution in [3.05, 3.63) is 41.8 Å². The zero-order chi connectivity index (χ0) is 12.4. The molecule has 0 spiro atoms. The van der Waals surface area contributed by atoms with E-state index in [-0.39, 0.29) is 17.2 Å². The van der Waals surface area contributed by atoms with Gasteiger partial charge in [0.25, 0.3) is 0 Å². The van der Waals surface area contributed by atoms with Crippen LogP contribution in [0.25, 0.3) is 11.3 Å². The van der Waals surface area contributed by atoms with Crippen molar-refractivity contribution in [3.8, 4) is 11.3 Å². The van der Waals surface area contributed by atoms with E-state index in [4.69, 9.17) is 0 Å². The molecule has 2 rings (SSSR count). The summed E-state index contributed by atoms with van der Waals surface area (Å²) < 4.78 is 40.0. The minimum Gasteiger partial charge on any atom is -0.357 e. The number of hydrogen-bond donors (Lipinski definition) is 1. The van der Waals surface area contributed by atoms with E-state index in [2.05, 4.69) is 15.3 Å². The van der Waals surface area contributed by atoms with Crippen LogP contribution in [0.2, 0.25) is 0 Å². The third-order valence-electron chi connectivity index (χ3n) is 2.17. The molecular formula is C11H8F3N3. The molecule has 0 bridgehead atoms. The molecule has 0 unspecified atom stereocenters. The number of benzene rings is 1. The van der Waals surface area contributed by atoms with Crippen LogP contribution in [0.5, 0.6) is 0 Å². The van der Waals surface area contributed by atoms with Crippen molar-refractivity contribution in [2.24, 2.45) is 0 Å². The smallest absolute Gasteiger partial charge is 0.223 e. The van der Waals surface area contributed by atoms with E-state index in [1.165, 1.54) is 12.1 Å². The fourth-order valence-corrected chi connectivity index (χ4v) is 1.36. The van der Waals surface area contributed by atoms with Crippen LogP contribution in [0.4, 0.5) is 19.1 Å². The largest absolute Gasteiger partial charge is 0.357 e. The first kappa shape index (κ1) is 11.4. The van der Waals surface area contributed by atoms with Gasteiger partial charge in [0.2, 0.25) is 5.95 Å². The van der Waals surface area contributed by atoms with Crippen LogP contribution in [0.15, 0.2) is 24.4 Å². The average molecular weight is 239 g/mol. The Hall–Kier alpha value is -2.11. The fraction of sp³-hybridized carbons (Fsp3) is 0.0909. The quantitative estimate of drug-likeness (QED) is 0.875. The first-order valence-electron chi connectivity index (χ1n) is 4.78. The van der Waals surface area contributed by atoms with E-state index in [1.807, 2.05) is 0 Å². The molecule has 2 aromatic rings. The molecule has 17 heavy (non-hydrogen) atoms. The molecule has 1 N–H and O–H groups in total. The Morgan fingerprint density at radius 2 is 1.88 bits per heavy atom. The lowest BCUT2D eigenvalue weighted by Crippen LogP contribution is -2.01. The Morgan fingerprint density at radius 3 is 2.59 bits per heavy atom. The third kappa shape index (κ3) is 2.06. The standard InChI is InChI=1S/C11H8F3N3/c1-15-11-16-5-8(13)10(17-11)6-3-2-4-7(12)9(6)14/h2-5H,1H3,(H,15,16,17). The molecule has 6 heteroatoms. The normalized spacial score (nSPS) is 10.4. The Morgan fingerprint density at radius 1 is 1.12 bits per heavy atom. The molecule has 0 saturated heterocycles. The second-order valence-electron chi connectivity index (χ2n) is 3.24. The number of hydrogen-bond acceptors (Lipinski definition) is 3. The van der Waals surface area contributed by atoms with Crippen molar-refractivity contribution in [1.82, 2.24) is 9.97 Å². The molecule has 1 heterocycles. The van der Waals surface area contributed by atoms with E-state index < -0.39 is 17.5 Å². The highest BCUT2D eigenvalue weighted by atomic mass is 19.2. The van der Waals surface area contributed by atoms with E-state index in [1.54, 1.807) is 7.05 Å². The van der Waals surface area contributed by atoms with Crippen molar-refractivity contribution in [2.75, 3.05) is 12.4 Å². The van der Waals surface area contributed by atoms with Crippen molar-refractivity contribution in [2.45, 2.75) is 0 Å². The van der Waals surface area contributed by atoms with Gasteiger partial charge in [-0.1, -0.05) is 6.07 Å². The van der Waals surface area contributed by atoms with Gasteiger partial charge in [0.1, 0.15) is 5.69 Å². The van der Waals surface area contributed by atoms with Crippen LogP contribution in [-0.4, -0.2) is 17.0 Å². The minimum atomic E-state index is -1.13. The lowest BCUT2D eigenvalue weighted by molar-refractivity contribution is 0.509. The van der Waals surface area contributed by atoms with Crippen LogP contribution in [-0.2, 0) is 0 Å². The van der Waals surface area contributed by atoms with Gasteiger partial charge in [-0.3, -0.25) is 0 Å². The maximum absolute atomic E-state index is 13.5. The highest BCUT2D eigenvalue weighted by molar-refractivity contribution is 5.61. The second-order valence-corrected chi connectivity index (χ2v) is 3.24. The molecule has 88 valence electrons. The van der Waals surface area contributed by atoms with Gasteiger partial charge in [-0.25, -0.2) is 23.1 Å². The van der Waals surface area contributed by atoms with Crippen molar-refractivity contribution < 1.29 is 13.2 Å². The topological polar surface area (TPSA) is 37.8 Å².